The molecule has 0 spiro atoms. The molecule has 66 valence electrons. The Morgan fingerprint density at radius 2 is 1.82 bits per heavy atom. The van der Waals surface area contributed by atoms with Crippen LogP contribution in [-0.4, -0.2) is 30.5 Å². The van der Waals surface area contributed by atoms with Gasteiger partial charge in [0.05, 0.1) is 19.6 Å². The fourth-order valence-electron chi connectivity index (χ4n) is 0.581. The zero-order chi connectivity index (χ0) is 8.85. The molecule has 0 saturated carbocycles. The Kier molecular flexibility index (Phi) is 4.92. The smallest absolute Gasteiger partial charge is 0.231 e. The van der Waals surface area contributed by atoms with Gasteiger partial charge in [-0.15, -0.1) is 0 Å². The third-order valence-corrected chi connectivity index (χ3v) is 1.64. The van der Waals surface area contributed by atoms with Gasteiger partial charge < -0.3 is 0 Å². The maximum atomic E-state index is 3.27. The van der Waals surface area contributed by atoms with Crippen LogP contribution in [0.25, 0.3) is 0 Å². The van der Waals surface area contributed by atoms with Crippen LogP contribution < -0.4 is 5.32 Å². The molecule has 2 heteroatoms. The van der Waals surface area contributed by atoms with Gasteiger partial charge in [0.15, 0.2) is 0 Å². The summed E-state index contributed by atoms with van der Waals surface area (Å²) < 4.78 is 2.17. The number of nitrogens with zero attached hydrogens (tertiary/aromatic N) is 1. The molecule has 0 aromatic rings. The molecule has 0 heterocycles. The SMILES string of the molecule is CC(C)CNC=[N+](C)C(C)C. The monoisotopic (exact) mass is 157 g/mol. The second-order valence-electron chi connectivity index (χ2n) is 3.69. The summed E-state index contributed by atoms with van der Waals surface area (Å²) in [6, 6.07) is 0.578. The first-order valence-corrected chi connectivity index (χ1v) is 4.32. The molecule has 0 aromatic heterocycles. The summed E-state index contributed by atoms with van der Waals surface area (Å²) in [6.45, 7) is 9.81. The lowest BCUT2D eigenvalue weighted by Gasteiger charge is -2.04. The van der Waals surface area contributed by atoms with E-state index in [0.717, 1.165) is 6.54 Å². The van der Waals surface area contributed by atoms with Gasteiger partial charge in [0, 0.05) is 0 Å². The van der Waals surface area contributed by atoms with Crippen molar-refractivity contribution in [1.82, 2.24) is 5.32 Å². The average Bonchev–Trinajstić information content (AvgIpc) is 1.86. The third-order valence-electron chi connectivity index (χ3n) is 1.64. The summed E-state index contributed by atoms with van der Waals surface area (Å²) in [5, 5.41) is 3.27. The maximum Gasteiger partial charge on any atom is 0.231 e. The molecule has 1 N–H and O–H groups in total. The molecule has 0 saturated heterocycles. The maximum absolute atomic E-state index is 3.27. The Bertz CT molecular complexity index is 126. The van der Waals surface area contributed by atoms with Gasteiger partial charge in [0.25, 0.3) is 0 Å². The fraction of sp³-hybridized carbons (Fsp3) is 0.889. The highest BCUT2D eigenvalue weighted by Gasteiger charge is 1.98. The van der Waals surface area contributed by atoms with Crippen molar-refractivity contribution < 1.29 is 4.58 Å². The summed E-state index contributed by atoms with van der Waals surface area (Å²) in [6.07, 6.45) is 2.05. The first-order chi connectivity index (χ1) is 5.04. The summed E-state index contributed by atoms with van der Waals surface area (Å²) in [4.78, 5) is 0. The van der Waals surface area contributed by atoms with Gasteiger partial charge >= 0.3 is 0 Å². The standard InChI is InChI=1S/C9H20N2/c1-8(2)6-10-7-11(5)9(3)4/h7-9H,6H2,1-5H3/p+1. The van der Waals surface area contributed by atoms with Crippen LogP contribution in [0.3, 0.4) is 0 Å². The second-order valence-corrected chi connectivity index (χ2v) is 3.69. The van der Waals surface area contributed by atoms with Crippen LogP contribution >= 0.6 is 0 Å². The molecular weight excluding hydrogens is 136 g/mol. The minimum absolute atomic E-state index is 0.578. The highest BCUT2D eigenvalue weighted by Crippen LogP contribution is 1.85. The predicted molar refractivity (Wildman–Crippen MR) is 50.2 cm³/mol. The van der Waals surface area contributed by atoms with Crippen LogP contribution in [0.1, 0.15) is 27.7 Å². The molecule has 0 bridgehead atoms. The zero-order valence-corrected chi connectivity index (χ0v) is 8.39. The molecule has 0 aliphatic heterocycles. The van der Waals surface area contributed by atoms with Gasteiger partial charge in [0.2, 0.25) is 6.34 Å². The molecule has 0 aromatic carbocycles. The van der Waals surface area contributed by atoms with Crippen LogP contribution in [0.4, 0.5) is 0 Å². The van der Waals surface area contributed by atoms with Gasteiger partial charge in [-0.2, -0.15) is 0 Å². The number of hydrogen-bond donors (Lipinski definition) is 1. The van der Waals surface area contributed by atoms with E-state index >= 15 is 0 Å². The topological polar surface area (TPSA) is 15.0 Å². The third kappa shape index (κ3) is 5.89. The molecule has 2 nitrogen and oxygen atoms in total. The Morgan fingerprint density at radius 1 is 1.27 bits per heavy atom. The van der Waals surface area contributed by atoms with E-state index in [0.29, 0.717) is 12.0 Å². The van der Waals surface area contributed by atoms with Crippen LogP contribution in [0.2, 0.25) is 0 Å². The molecular formula is C9H21N2+. The second kappa shape index (κ2) is 5.16. The van der Waals surface area contributed by atoms with Crippen molar-refractivity contribution in [3.05, 3.63) is 0 Å². The summed E-state index contributed by atoms with van der Waals surface area (Å²) in [5.41, 5.74) is 0. The van der Waals surface area contributed by atoms with E-state index in [1.165, 1.54) is 0 Å². The molecule has 11 heavy (non-hydrogen) atoms. The molecule has 0 amide bonds. The van der Waals surface area contributed by atoms with E-state index in [1.807, 2.05) is 6.34 Å². The van der Waals surface area contributed by atoms with Crippen molar-refractivity contribution in [1.29, 1.82) is 0 Å². The predicted octanol–water partition coefficient (Wildman–Crippen LogP) is 1.31. The van der Waals surface area contributed by atoms with Crippen molar-refractivity contribution in [3.63, 3.8) is 0 Å². The van der Waals surface area contributed by atoms with Gasteiger partial charge in [-0.1, -0.05) is 13.8 Å². The van der Waals surface area contributed by atoms with E-state index in [2.05, 4.69) is 44.6 Å². The fourth-order valence-corrected chi connectivity index (χ4v) is 0.581. The number of rotatable bonds is 4. The van der Waals surface area contributed by atoms with E-state index in [4.69, 9.17) is 0 Å². The van der Waals surface area contributed by atoms with Crippen LogP contribution in [0.5, 0.6) is 0 Å². The van der Waals surface area contributed by atoms with Crippen molar-refractivity contribution >= 4 is 6.34 Å². The zero-order valence-electron chi connectivity index (χ0n) is 8.39. The number of nitrogens with one attached hydrogen (secondary N) is 1. The number of hydrogen-bond acceptors (Lipinski definition) is 0. The highest BCUT2D eigenvalue weighted by molar-refractivity contribution is 5.47. The molecule has 0 rings (SSSR count). The largest absolute Gasteiger partial charge is 0.281 e. The van der Waals surface area contributed by atoms with Crippen LogP contribution in [-0.2, 0) is 0 Å². The molecule has 0 aliphatic rings. The van der Waals surface area contributed by atoms with Crippen molar-refractivity contribution in [2.24, 2.45) is 5.92 Å². The molecule has 0 atom stereocenters. The van der Waals surface area contributed by atoms with Gasteiger partial charge in [-0.05, 0) is 19.8 Å². The van der Waals surface area contributed by atoms with Gasteiger partial charge in [-0.25, -0.2) is 0 Å². The van der Waals surface area contributed by atoms with Crippen molar-refractivity contribution in [2.75, 3.05) is 13.6 Å². The van der Waals surface area contributed by atoms with E-state index in [1.54, 1.807) is 0 Å². The summed E-state index contributed by atoms with van der Waals surface area (Å²) in [5.74, 6) is 0.715. The normalized spacial score (nSPS) is 12.8. The Labute approximate surface area is 70.3 Å². The molecule has 0 aliphatic carbocycles. The van der Waals surface area contributed by atoms with E-state index < -0.39 is 0 Å². The van der Waals surface area contributed by atoms with Gasteiger partial charge in [-0.3, -0.25) is 9.89 Å². The van der Waals surface area contributed by atoms with E-state index in [-0.39, 0.29) is 0 Å². The lowest BCUT2D eigenvalue weighted by atomic mass is 10.2. The Hall–Kier alpha value is -0.530. The molecule has 0 radical (unpaired) electrons. The minimum Gasteiger partial charge on any atom is -0.281 e. The van der Waals surface area contributed by atoms with Crippen molar-refractivity contribution in [3.8, 4) is 0 Å². The van der Waals surface area contributed by atoms with Crippen LogP contribution in [0.15, 0.2) is 0 Å². The van der Waals surface area contributed by atoms with Crippen molar-refractivity contribution in [2.45, 2.75) is 33.7 Å². The Balaban J connectivity index is 3.57. The molecule has 0 fully saturated rings. The lowest BCUT2D eigenvalue weighted by molar-refractivity contribution is -0.527. The quantitative estimate of drug-likeness (QED) is 0.369. The highest BCUT2D eigenvalue weighted by atomic mass is 15.1. The first-order valence-electron chi connectivity index (χ1n) is 4.32. The minimum atomic E-state index is 0.578. The summed E-state index contributed by atoms with van der Waals surface area (Å²) in [7, 11) is 2.08. The van der Waals surface area contributed by atoms with E-state index in [9.17, 15) is 0 Å². The molecule has 0 unspecified atom stereocenters. The van der Waals surface area contributed by atoms with Gasteiger partial charge in [0.1, 0.15) is 0 Å². The Morgan fingerprint density at radius 3 is 2.18 bits per heavy atom. The first kappa shape index (κ1) is 10.5. The average molecular weight is 157 g/mol. The lowest BCUT2D eigenvalue weighted by Crippen LogP contribution is -2.27. The van der Waals surface area contributed by atoms with Crippen LogP contribution in [0, 0.1) is 5.92 Å². The summed E-state index contributed by atoms with van der Waals surface area (Å²) >= 11 is 0.